The van der Waals surface area contributed by atoms with Gasteiger partial charge in [0.15, 0.2) is 5.75 Å². The van der Waals surface area contributed by atoms with E-state index in [-0.39, 0.29) is 17.9 Å². The molecule has 5 nitrogen and oxygen atoms in total. The van der Waals surface area contributed by atoms with Crippen LogP contribution in [0, 0.1) is 0 Å². The SMILES string of the molecule is C=CCOc1c(OCC=C(C)C)c2ccc(NCCCCCCCC)cc2n(C)c1=O. The van der Waals surface area contributed by atoms with E-state index in [1.807, 2.05) is 38.1 Å². The number of ether oxygens (including phenoxy) is 2. The predicted octanol–water partition coefficient (Wildman–Crippen LogP) is 6.22. The van der Waals surface area contributed by atoms with Gasteiger partial charge in [0.25, 0.3) is 5.56 Å². The van der Waals surface area contributed by atoms with Gasteiger partial charge in [0, 0.05) is 24.7 Å². The molecule has 0 aliphatic rings. The molecule has 2 aromatic rings. The molecule has 0 aliphatic carbocycles. The summed E-state index contributed by atoms with van der Waals surface area (Å²) < 4.78 is 13.3. The number of pyridine rings is 1. The quantitative estimate of drug-likeness (QED) is 0.288. The average Bonchev–Trinajstić information content (AvgIpc) is 2.75. The number of hydrogen-bond acceptors (Lipinski definition) is 4. The average molecular weight is 427 g/mol. The fraction of sp³-hybridized carbons (Fsp3) is 0.500. The normalized spacial score (nSPS) is 10.7. The first kappa shape index (κ1) is 24.6. The van der Waals surface area contributed by atoms with Crippen LogP contribution in [-0.2, 0) is 7.05 Å². The second-order valence-corrected chi connectivity index (χ2v) is 8.14. The Hall–Kier alpha value is -2.69. The molecule has 2 rings (SSSR count). The molecule has 31 heavy (non-hydrogen) atoms. The molecule has 0 unspecified atom stereocenters. The number of aromatic nitrogens is 1. The Labute approximate surface area is 186 Å². The van der Waals surface area contributed by atoms with E-state index in [0.29, 0.717) is 12.4 Å². The van der Waals surface area contributed by atoms with Crippen molar-refractivity contribution in [1.29, 1.82) is 0 Å². The molecule has 0 saturated carbocycles. The summed E-state index contributed by atoms with van der Waals surface area (Å²) in [5.41, 5.74) is 2.76. The molecule has 0 fully saturated rings. The smallest absolute Gasteiger partial charge is 0.297 e. The zero-order valence-corrected chi connectivity index (χ0v) is 19.6. The van der Waals surface area contributed by atoms with Gasteiger partial charge in [-0.15, -0.1) is 0 Å². The Balaban J connectivity index is 2.25. The number of allylic oxidation sites excluding steroid dienone is 1. The lowest BCUT2D eigenvalue weighted by atomic mass is 10.1. The summed E-state index contributed by atoms with van der Waals surface area (Å²) in [6.07, 6.45) is 11.2. The van der Waals surface area contributed by atoms with E-state index >= 15 is 0 Å². The van der Waals surface area contributed by atoms with Crippen LogP contribution in [0.15, 0.2) is 47.3 Å². The largest absolute Gasteiger partial charge is 0.485 e. The highest BCUT2D eigenvalue weighted by molar-refractivity contribution is 5.90. The standard InChI is InChI=1S/C26H38N2O3/c1-6-8-9-10-11-12-16-27-21-13-14-22-23(19-21)28(5)26(29)25(30-17-7-2)24(22)31-18-15-20(3)4/h7,13-15,19,27H,2,6,8-12,16-18H2,1,3-5H3. The van der Waals surface area contributed by atoms with Gasteiger partial charge in [-0.3, -0.25) is 4.79 Å². The summed E-state index contributed by atoms with van der Waals surface area (Å²) in [6.45, 7) is 11.5. The number of unbranched alkanes of at least 4 members (excludes halogenated alkanes) is 5. The predicted molar refractivity (Wildman–Crippen MR) is 132 cm³/mol. The number of rotatable bonds is 14. The van der Waals surface area contributed by atoms with Crippen LogP contribution in [-0.4, -0.2) is 24.3 Å². The lowest BCUT2D eigenvalue weighted by Crippen LogP contribution is -2.21. The molecule has 0 atom stereocenters. The highest BCUT2D eigenvalue weighted by Crippen LogP contribution is 2.34. The van der Waals surface area contributed by atoms with Gasteiger partial charge >= 0.3 is 0 Å². The molecule has 1 N–H and O–H groups in total. The summed E-state index contributed by atoms with van der Waals surface area (Å²) in [5, 5.41) is 4.35. The third kappa shape index (κ3) is 7.20. The fourth-order valence-electron chi connectivity index (χ4n) is 3.43. The number of benzene rings is 1. The number of anilines is 1. The minimum absolute atomic E-state index is 0.213. The Morgan fingerprint density at radius 2 is 1.77 bits per heavy atom. The summed E-state index contributed by atoms with van der Waals surface area (Å²) in [5.74, 6) is 0.713. The van der Waals surface area contributed by atoms with Gasteiger partial charge in [-0.25, -0.2) is 0 Å². The first-order chi connectivity index (χ1) is 15.0. The molecule has 1 aromatic heterocycles. The third-order valence-corrected chi connectivity index (χ3v) is 5.23. The van der Waals surface area contributed by atoms with Gasteiger partial charge in [-0.05, 0) is 44.5 Å². The monoisotopic (exact) mass is 426 g/mol. The molecular weight excluding hydrogens is 388 g/mol. The van der Waals surface area contributed by atoms with Crippen molar-refractivity contribution in [2.75, 3.05) is 25.1 Å². The van der Waals surface area contributed by atoms with E-state index in [4.69, 9.17) is 9.47 Å². The van der Waals surface area contributed by atoms with Crippen molar-refractivity contribution in [3.8, 4) is 11.5 Å². The molecule has 0 aliphatic heterocycles. The van der Waals surface area contributed by atoms with Crippen molar-refractivity contribution in [2.45, 2.75) is 59.3 Å². The Morgan fingerprint density at radius 1 is 1.06 bits per heavy atom. The van der Waals surface area contributed by atoms with Gasteiger partial charge in [-0.2, -0.15) is 0 Å². The summed E-state index contributed by atoms with van der Waals surface area (Å²) in [6, 6.07) is 6.05. The van der Waals surface area contributed by atoms with Gasteiger partial charge < -0.3 is 19.4 Å². The van der Waals surface area contributed by atoms with Crippen LogP contribution in [0.1, 0.15) is 59.3 Å². The molecule has 0 radical (unpaired) electrons. The van der Waals surface area contributed by atoms with Gasteiger partial charge in [0.05, 0.1) is 5.52 Å². The van der Waals surface area contributed by atoms with E-state index in [2.05, 4.69) is 18.8 Å². The van der Waals surface area contributed by atoms with Crippen molar-refractivity contribution >= 4 is 16.6 Å². The number of nitrogens with zero attached hydrogens (tertiary/aromatic N) is 1. The lowest BCUT2D eigenvalue weighted by molar-refractivity contribution is 0.305. The van der Waals surface area contributed by atoms with Crippen LogP contribution in [0.25, 0.3) is 10.9 Å². The Kier molecular flexibility index (Phi) is 10.2. The van der Waals surface area contributed by atoms with Gasteiger partial charge in [0.1, 0.15) is 13.2 Å². The van der Waals surface area contributed by atoms with Crippen molar-refractivity contribution in [3.63, 3.8) is 0 Å². The Morgan fingerprint density at radius 3 is 2.48 bits per heavy atom. The van der Waals surface area contributed by atoms with E-state index in [9.17, 15) is 4.79 Å². The van der Waals surface area contributed by atoms with Crippen LogP contribution < -0.4 is 20.3 Å². The molecule has 0 amide bonds. The first-order valence-electron chi connectivity index (χ1n) is 11.4. The number of aryl methyl sites for hydroxylation is 1. The van der Waals surface area contributed by atoms with Crippen LogP contribution in [0.5, 0.6) is 11.5 Å². The maximum absolute atomic E-state index is 13.0. The van der Waals surface area contributed by atoms with Gasteiger partial charge in [0.2, 0.25) is 5.75 Å². The third-order valence-electron chi connectivity index (χ3n) is 5.23. The second kappa shape index (κ2) is 12.9. The van der Waals surface area contributed by atoms with Crippen LogP contribution >= 0.6 is 0 Å². The zero-order valence-electron chi connectivity index (χ0n) is 19.6. The topological polar surface area (TPSA) is 52.5 Å². The number of hydrogen-bond donors (Lipinski definition) is 1. The summed E-state index contributed by atoms with van der Waals surface area (Å²) in [4.78, 5) is 13.0. The Bertz CT molecular complexity index is 940. The lowest BCUT2D eigenvalue weighted by Gasteiger charge is -2.17. The summed E-state index contributed by atoms with van der Waals surface area (Å²) in [7, 11) is 1.77. The van der Waals surface area contributed by atoms with Crippen molar-refractivity contribution < 1.29 is 9.47 Å². The highest BCUT2D eigenvalue weighted by Gasteiger charge is 2.18. The maximum Gasteiger partial charge on any atom is 0.297 e. The van der Waals surface area contributed by atoms with E-state index in [0.717, 1.165) is 35.1 Å². The second-order valence-electron chi connectivity index (χ2n) is 8.14. The minimum atomic E-state index is -0.213. The molecule has 0 saturated heterocycles. The van der Waals surface area contributed by atoms with Crippen LogP contribution in [0.3, 0.4) is 0 Å². The molecule has 5 heteroatoms. The fourth-order valence-corrected chi connectivity index (χ4v) is 3.43. The van der Waals surface area contributed by atoms with Crippen molar-refractivity contribution in [2.24, 2.45) is 7.05 Å². The van der Waals surface area contributed by atoms with E-state index in [1.165, 1.54) is 32.1 Å². The molecule has 170 valence electrons. The molecule has 0 bridgehead atoms. The van der Waals surface area contributed by atoms with Crippen LogP contribution in [0.4, 0.5) is 5.69 Å². The van der Waals surface area contributed by atoms with Crippen molar-refractivity contribution in [3.05, 3.63) is 52.9 Å². The first-order valence-corrected chi connectivity index (χ1v) is 11.4. The van der Waals surface area contributed by atoms with Crippen molar-refractivity contribution in [1.82, 2.24) is 4.57 Å². The van der Waals surface area contributed by atoms with Gasteiger partial charge in [-0.1, -0.05) is 57.3 Å². The molecule has 1 aromatic carbocycles. The van der Waals surface area contributed by atoms with E-state index < -0.39 is 0 Å². The van der Waals surface area contributed by atoms with E-state index in [1.54, 1.807) is 17.7 Å². The molecular formula is C26H38N2O3. The van der Waals surface area contributed by atoms with Crippen LogP contribution in [0.2, 0.25) is 0 Å². The molecule has 1 heterocycles. The zero-order chi connectivity index (χ0) is 22.6. The minimum Gasteiger partial charge on any atom is -0.485 e. The molecule has 0 spiro atoms. The highest BCUT2D eigenvalue weighted by atomic mass is 16.5. The number of fused-ring (bicyclic) bond motifs is 1. The number of nitrogens with one attached hydrogen (secondary N) is 1. The summed E-state index contributed by atoms with van der Waals surface area (Å²) >= 11 is 0. The maximum atomic E-state index is 13.0.